The average Bonchev–Trinajstić information content (AvgIpc) is 2.94. The van der Waals surface area contributed by atoms with Crippen molar-refractivity contribution >= 4 is 17.4 Å². The number of non-ortho nitro benzene ring substituents is 1. The zero-order chi connectivity index (χ0) is 17.1. The Kier molecular flexibility index (Phi) is 4.61. The molecule has 0 saturated carbocycles. The van der Waals surface area contributed by atoms with Crippen LogP contribution in [0.3, 0.4) is 0 Å². The van der Waals surface area contributed by atoms with E-state index >= 15 is 0 Å². The Morgan fingerprint density at radius 3 is 2.58 bits per heavy atom. The lowest BCUT2D eigenvalue weighted by Gasteiger charge is -2.05. The molecule has 24 heavy (non-hydrogen) atoms. The highest BCUT2D eigenvalue weighted by atomic mass is 32.2. The van der Waals surface area contributed by atoms with Crippen LogP contribution in [0.25, 0.3) is 11.4 Å². The third-order valence-electron chi connectivity index (χ3n) is 3.63. The van der Waals surface area contributed by atoms with Crippen molar-refractivity contribution in [2.45, 2.75) is 17.8 Å². The van der Waals surface area contributed by atoms with E-state index in [9.17, 15) is 10.1 Å². The molecule has 6 nitrogen and oxygen atoms in total. The first-order chi connectivity index (χ1) is 11.5. The monoisotopic (exact) mass is 340 g/mol. The molecule has 1 heterocycles. The zero-order valence-electron chi connectivity index (χ0n) is 13.3. The lowest BCUT2D eigenvalue weighted by Crippen LogP contribution is -1.95. The van der Waals surface area contributed by atoms with Crippen molar-refractivity contribution in [2.24, 2.45) is 7.05 Å². The Bertz CT molecular complexity index is 875. The first-order valence-corrected chi connectivity index (χ1v) is 8.36. The number of hydrogen-bond acceptors (Lipinski definition) is 5. The van der Waals surface area contributed by atoms with Crippen LogP contribution >= 0.6 is 11.8 Å². The van der Waals surface area contributed by atoms with Crippen LogP contribution < -0.4 is 0 Å². The van der Waals surface area contributed by atoms with E-state index in [1.807, 2.05) is 36.7 Å². The fourth-order valence-electron chi connectivity index (χ4n) is 2.34. The van der Waals surface area contributed by atoms with Gasteiger partial charge < -0.3 is 4.57 Å². The van der Waals surface area contributed by atoms with Crippen molar-refractivity contribution in [1.82, 2.24) is 14.8 Å². The fourth-order valence-corrected chi connectivity index (χ4v) is 3.20. The van der Waals surface area contributed by atoms with Gasteiger partial charge >= 0.3 is 0 Å². The summed E-state index contributed by atoms with van der Waals surface area (Å²) in [6, 6.07) is 14.7. The lowest BCUT2D eigenvalue weighted by molar-refractivity contribution is -0.384. The Hall–Kier alpha value is -2.67. The number of hydrogen-bond donors (Lipinski definition) is 0. The molecule has 0 bridgehead atoms. The number of aromatic nitrogens is 3. The first kappa shape index (κ1) is 16.2. The number of aryl methyl sites for hydroxylation is 1. The van der Waals surface area contributed by atoms with Crippen LogP contribution in [0.1, 0.15) is 11.1 Å². The summed E-state index contributed by atoms with van der Waals surface area (Å²) in [7, 11) is 1.94. The molecule has 0 amide bonds. The van der Waals surface area contributed by atoms with Gasteiger partial charge in [-0.15, -0.1) is 10.2 Å². The molecule has 3 rings (SSSR count). The maximum atomic E-state index is 10.7. The normalized spacial score (nSPS) is 10.8. The van der Waals surface area contributed by atoms with Gasteiger partial charge in [0.1, 0.15) is 0 Å². The number of nitro benzene ring substituents is 1. The lowest BCUT2D eigenvalue weighted by atomic mass is 10.1. The Balaban J connectivity index is 1.73. The van der Waals surface area contributed by atoms with Gasteiger partial charge in [0, 0.05) is 30.5 Å². The van der Waals surface area contributed by atoms with Gasteiger partial charge in [0.2, 0.25) is 0 Å². The minimum atomic E-state index is -0.395. The predicted octanol–water partition coefficient (Wildman–Crippen LogP) is 3.99. The number of rotatable bonds is 5. The number of benzene rings is 2. The second-order valence-electron chi connectivity index (χ2n) is 5.45. The van der Waals surface area contributed by atoms with Crippen molar-refractivity contribution in [2.75, 3.05) is 0 Å². The van der Waals surface area contributed by atoms with E-state index in [1.54, 1.807) is 23.9 Å². The van der Waals surface area contributed by atoms with Crippen LogP contribution in [0, 0.1) is 17.0 Å². The minimum absolute atomic E-state index is 0.101. The van der Waals surface area contributed by atoms with Gasteiger partial charge in [-0.2, -0.15) is 0 Å². The standard InChI is InChI=1S/C17H16N4O2S/c1-12-4-3-5-14(10-12)16-18-19-17(20(16)2)24-11-13-6-8-15(9-7-13)21(22)23/h3-10H,11H2,1-2H3. The summed E-state index contributed by atoms with van der Waals surface area (Å²) in [6.07, 6.45) is 0. The van der Waals surface area contributed by atoms with Crippen LogP contribution in [0.2, 0.25) is 0 Å². The summed E-state index contributed by atoms with van der Waals surface area (Å²) in [4.78, 5) is 10.3. The van der Waals surface area contributed by atoms with Crippen molar-refractivity contribution in [3.63, 3.8) is 0 Å². The molecule has 0 fully saturated rings. The molecule has 122 valence electrons. The van der Waals surface area contributed by atoms with Crippen LogP contribution in [0.5, 0.6) is 0 Å². The molecule has 0 N–H and O–H groups in total. The summed E-state index contributed by atoms with van der Waals surface area (Å²) in [5.74, 6) is 1.50. The summed E-state index contributed by atoms with van der Waals surface area (Å²) >= 11 is 1.55. The van der Waals surface area contributed by atoms with E-state index in [4.69, 9.17) is 0 Å². The molecule has 0 aliphatic carbocycles. The van der Waals surface area contributed by atoms with Gasteiger partial charge in [0.05, 0.1) is 4.92 Å². The predicted molar refractivity (Wildman–Crippen MR) is 93.8 cm³/mol. The van der Waals surface area contributed by atoms with Crippen molar-refractivity contribution < 1.29 is 4.92 Å². The van der Waals surface area contributed by atoms with E-state index < -0.39 is 4.92 Å². The maximum absolute atomic E-state index is 10.7. The van der Waals surface area contributed by atoms with Crippen LogP contribution in [-0.4, -0.2) is 19.7 Å². The van der Waals surface area contributed by atoms with Crippen LogP contribution in [0.4, 0.5) is 5.69 Å². The molecule has 0 spiro atoms. The minimum Gasteiger partial charge on any atom is -0.305 e. The third kappa shape index (κ3) is 3.46. The van der Waals surface area contributed by atoms with E-state index in [0.717, 1.165) is 22.1 Å². The second kappa shape index (κ2) is 6.84. The van der Waals surface area contributed by atoms with Crippen LogP contribution in [-0.2, 0) is 12.8 Å². The fraction of sp³-hybridized carbons (Fsp3) is 0.176. The zero-order valence-corrected chi connectivity index (χ0v) is 14.2. The molecular weight excluding hydrogens is 324 g/mol. The highest BCUT2D eigenvalue weighted by molar-refractivity contribution is 7.98. The molecule has 7 heteroatoms. The highest BCUT2D eigenvalue weighted by Gasteiger charge is 2.12. The van der Waals surface area contributed by atoms with Gasteiger partial charge in [0.15, 0.2) is 11.0 Å². The van der Waals surface area contributed by atoms with Gasteiger partial charge in [-0.05, 0) is 18.6 Å². The van der Waals surface area contributed by atoms with Gasteiger partial charge in [-0.1, -0.05) is 47.7 Å². The van der Waals surface area contributed by atoms with E-state index in [1.165, 1.54) is 17.7 Å². The molecule has 0 atom stereocenters. The molecule has 3 aromatic rings. The first-order valence-electron chi connectivity index (χ1n) is 7.37. The highest BCUT2D eigenvalue weighted by Crippen LogP contribution is 2.26. The van der Waals surface area contributed by atoms with Gasteiger partial charge in [0.25, 0.3) is 5.69 Å². The maximum Gasteiger partial charge on any atom is 0.269 e. The molecule has 1 aromatic heterocycles. The Morgan fingerprint density at radius 2 is 1.92 bits per heavy atom. The largest absolute Gasteiger partial charge is 0.305 e. The number of thioether (sulfide) groups is 1. The topological polar surface area (TPSA) is 73.8 Å². The van der Waals surface area contributed by atoms with E-state index in [2.05, 4.69) is 16.3 Å². The summed E-state index contributed by atoms with van der Waals surface area (Å²) in [5.41, 5.74) is 3.32. The van der Waals surface area contributed by atoms with E-state index in [0.29, 0.717) is 5.75 Å². The molecule has 0 aliphatic heterocycles. The average molecular weight is 340 g/mol. The van der Waals surface area contributed by atoms with Crippen LogP contribution in [0.15, 0.2) is 53.7 Å². The third-order valence-corrected chi connectivity index (χ3v) is 4.72. The van der Waals surface area contributed by atoms with Crippen molar-refractivity contribution in [3.8, 4) is 11.4 Å². The number of nitrogens with zero attached hydrogens (tertiary/aromatic N) is 4. The van der Waals surface area contributed by atoms with Gasteiger partial charge in [-0.3, -0.25) is 10.1 Å². The summed E-state index contributed by atoms with van der Waals surface area (Å²) in [6.45, 7) is 2.05. The molecule has 0 saturated heterocycles. The molecule has 0 unspecified atom stereocenters. The molecule has 0 aliphatic rings. The Morgan fingerprint density at radius 1 is 1.17 bits per heavy atom. The molecular formula is C17H16N4O2S. The molecule has 2 aromatic carbocycles. The summed E-state index contributed by atoms with van der Waals surface area (Å²) in [5, 5.41) is 20.0. The quantitative estimate of drug-likeness (QED) is 0.399. The smallest absolute Gasteiger partial charge is 0.269 e. The molecule has 0 radical (unpaired) electrons. The summed E-state index contributed by atoms with van der Waals surface area (Å²) < 4.78 is 1.96. The van der Waals surface area contributed by atoms with Gasteiger partial charge in [-0.25, -0.2) is 0 Å². The van der Waals surface area contributed by atoms with Crippen molar-refractivity contribution in [3.05, 3.63) is 69.8 Å². The van der Waals surface area contributed by atoms with Crippen molar-refractivity contribution in [1.29, 1.82) is 0 Å². The van der Waals surface area contributed by atoms with E-state index in [-0.39, 0.29) is 5.69 Å². The number of nitro groups is 1. The second-order valence-corrected chi connectivity index (χ2v) is 6.39. The SMILES string of the molecule is Cc1cccc(-c2nnc(SCc3ccc([N+](=O)[O-])cc3)n2C)c1. The Labute approximate surface area is 143 Å².